The van der Waals surface area contributed by atoms with Crippen LogP contribution in [0.15, 0.2) is 36.5 Å². The van der Waals surface area contributed by atoms with E-state index in [1.807, 2.05) is 6.07 Å². The molecule has 0 amide bonds. The van der Waals surface area contributed by atoms with Gasteiger partial charge in [0.05, 0.1) is 12.4 Å². The van der Waals surface area contributed by atoms with Crippen LogP contribution >= 0.6 is 11.8 Å². The second-order valence-electron chi connectivity index (χ2n) is 3.38. The molecular weight excluding hydrogens is 220 g/mol. The maximum absolute atomic E-state index is 5.43. The third-order valence-electron chi connectivity index (χ3n) is 2.11. The van der Waals surface area contributed by atoms with E-state index >= 15 is 0 Å². The average molecular weight is 238 g/mol. The minimum atomic E-state index is 0.277. The molecule has 0 aliphatic heterocycles. The maximum Gasteiger partial charge on any atom is 0.187 e. The third-order valence-corrected chi connectivity index (χ3v) is 3.02. The van der Waals surface area contributed by atoms with E-state index in [4.69, 9.17) is 4.74 Å². The zero-order valence-corrected chi connectivity index (χ0v) is 10.4. The molecule has 16 heavy (non-hydrogen) atoms. The minimum absolute atomic E-state index is 0.277. The summed E-state index contributed by atoms with van der Waals surface area (Å²) in [6.07, 6.45) is 8.54. The van der Waals surface area contributed by atoms with E-state index < -0.39 is 0 Å². The topological polar surface area (TPSA) is 35.0 Å². The molecule has 0 fully saturated rings. The number of ether oxygens (including phenoxy) is 1. The fraction of sp³-hybridized carbons (Fsp3) is 0.500. The van der Waals surface area contributed by atoms with Gasteiger partial charge in [0.15, 0.2) is 5.16 Å². The van der Waals surface area contributed by atoms with Crippen LogP contribution < -0.4 is 0 Å². The Labute approximate surface area is 101 Å². The van der Waals surface area contributed by atoms with Gasteiger partial charge in [0.2, 0.25) is 0 Å². The summed E-state index contributed by atoms with van der Waals surface area (Å²) in [4.78, 5) is 8.32. The number of thioether (sulfide) groups is 1. The van der Waals surface area contributed by atoms with Gasteiger partial charge in [-0.3, -0.25) is 0 Å². The zero-order valence-electron chi connectivity index (χ0n) is 9.63. The SMILES string of the molecule is C=CO[C@@H](CCC)CCSc1ncccn1. The highest BCUT2D eigenvalue weighted by Gasteiger charge is 2.07. The van der Waals surface area contributed by atoms with Crippen LogP contribution in [0.5, 0.6) is 0 Å². The smallest absolute Gasteiger partial charge is 0.187 e. The fourth-order valence-electron chi connectivity index (χ4n) is 1.38. The van der Waals surface area contributed by atoms with E-state index in [0.29, 0.717) is 0 Å². The summed E-state index contributed by atoms with van der Waals surface area (Å²) in [5, 5.41) is 0.830. The molecule has 0 bridgehead atoms. The zero-order chi connectivity index (χ0) is 11.6. The quantitative estimate of drug-likeness (QED) is 0.395. The number of hydrogen-bond donors (Lipinski definition) is 0. The molecular formula is C12H18N2OS. The highest BCUT2D eigenvalue weighted by molar-refractivity contribution is 7.99. The predicted molar refractivity (Wildman–Crippen MR) is 67.4 cm³/mol. The Balaban J connectivity index is 2.24. The third kappa shape index (κ3) is 5.16. The van der Waals surface area contributed by atoms with Crippen molar-refractivity contribution in [2.24, 2.45) is 0 Å². The van der Waals surface area contributed by atoms with Crippen LogP contribution in [0.25, 0.3) is 0 Å². The molecule has 1 heterocycles. The van der Waals surface area contributed by atoms with Gasteiger partial charge in [0.25, 0.3) is 0 Å². The summed E-state index contributed by atoms with van der Waals surface area (Å²) in [5.41, 5.74) is 0. The molecule has 0 saturated carbocycles. The Kier molecular flexibility index (Phi) is 6.65. The normalized spacial score (nSPS) is 12.1. The molecule has 0 aliphatic carbocycles. The van der Waals surface area contributed by atoms with E-state index in [9.17, 15) is 0 Å². The molecule has 0 aromatic carbocycles. The molecule has 88 valence electrons. The van der Waals surface area contributed by atoms with Crippen molar-refractivity contribution in [2.45, 2.75) is 37.4 Å². The predicted octanol–water partition coefficient (Wildman–Crippen LogP) is 3.29. The van der Waals surface area contributed by atoms with E-state index in [1.165, 1.54) is 6.26 Å². The molecule has 1 atom stereocenters. The molecule has 0 unspecified atom stereocenters. The lowest BCUT2D eigenvalue weighted by atomic mass is 10.2. The number of aromatic nitrogens is 2. The van der Waals surface area contributed by atoms with Crippen molar-refractivity contribution in [1.82, 2.24) is 9.97 Å². The molecule has 0 spiro atoms. The second kappa shape index (κ2) is 8.16. The monoisotopic (exact) mass is 238 g/mol. The van der Waals surface area contributed by atoms with Crippen LogP contribution in [0.2, 0.25) is 0 Å². The lowest BCUT2D eigenvalue weighted by Gasteiger charge is -2.14. The summed E-state index contributed by atoms with van der Waals surface area (Å²) < 4.78 is 5.43. The lowest BCUT2D eigenvalue weighted by Crippen LogP contribution is -2.10. The van der Waals surface area contributed by atoms with E-state index in [0.717, 1.165) is 30.2 Å². The Morgan fingerprint density at radius 2 is 2.19 bits per heavy atom. The standard InChI is InChI=1S/C12H18N2OS/c1-3-6-11(15-4-2)7-10-16-12-13-8-5-9-14-12/h4-5,8-9,11H,2-3,6-7,10H2,1H3/t11-/m0/s1. The highest BCUT2D eigenvalue weighted by Crippen LogP contribution is 2.16. The summed E-state index contributed by atoms with van der Waals surface area (Å²) in [5.74, 6) is 0.975. The summed E-state index contributed by atoms with van der Waals surface area (Å²) >= 11 is 1.66. The van der Waals surface area contributed by atoms with Crippen LogP contribution in [-0.2, 0) is 4.74 Å². The molecule has 0 N–H and O–H groups in total. The van der Waals surface area contributed by atoms with Gasteiger partial charge in [-0.2, -0.15) is 0 Å². The number of rotatable bonds is 8. The van der Waals surface area contributed by atoms with Gasteiger partial charge >= 0.3 is 0 Å². The minimum Gasteiger partial charge on any atom is -0.499 e. The van der Waals surface area contributed by atoms with Crippen molar-refractivity contribution in [3.63, 3.8) is 0 Å². The van der Waals surface area contributed by atoms with Crippen molar-refractivity contribution in [3.8, 4) is 0 Å². The molecule has 3 nitrogen and oxygen atoms in total. The van der Waals surface area contributed by atoms with Crippen molar-refractivity contribution in [3.05, 3.63) is 31.3 Å². The van der Waals surface area contributed by atoms with Gasteiger partial charge < -0.3 is 4.74 Å². The van der Waals surface area contributed by atoms with Crippen molar-refractivity contribution >= 4 is 11.8 Å². The number of hydrogen-bond acceptors (Lipinski definition) is 4. The molecule has 0 saturated heterocycles. The van der Waals surface area contributed by atoms with Crippen LogP contribution in [0.3, 0.4) is 0 Å². The summed E-state index contributed by atoms with van der Waals surface area (Å²) in [7, 11) is 0. The number of nitrogens with zero attached hydrogens (tertiary/aromatic N) is 2. The van der Waals surface area contributed by atoms with Crippen LogP contribution in [-0.4, -0.2) is 21.8 Å². The van der Waals surface area contributed by atoms with Gasteiger partial charge in [-0.05, 0) is 18.9 Å². The van der Waals surface area contributed by atoms with Gasteiger partial charge in [-0.25, -0.2) is 9.97 Å². The first-order valence-corrected chi connectivity index (χ1v) is 6.51. The largest absolute Gasteiger partial charge is 0.499 e. The summed E-state index contributed by atoms with van der Waals surface area (Å²) in [6, 6.07) is 1.82. The van der Waals surface area contributed by atoms with Crippen LogP contribution in [0, 0.1) is 0 Å². The molecule has 0 aliphatic rings. The molecule has 1 aromatic heterocycles. The first kappa shape index (κ1) is 13.0. The van der Waals surface area contributed by atoms with Gasteiger partial charge in [-0.1, -0.05) is 31.7 Å². The van der Waals surface area contributed by atoms with Gasteiger partial charge in [-0.15, -0.1) is 0 Å². The van der Waals surface area contributed by atoms with Gasteiger partial charge in [0.1, 0.15) is 0 Å². The van der Waals surface area contributed by atoms with Crippen molar-refractivity contribution in [1.29, 1.82) is 0 Å². The Morgan fingerprint density at radius 1 is 1.44 bits per heavy atom. The lowest BCUT2D eigenvalue weighted by molar-refractivity contribution is 0.133. The van der Waals surface area contributed by atoms with E-state index in [2.05, 4.69) is 23.5 Å². The van der Waals surface area contributed by atoms with E-state index in [1.54, 1.807) is 24.2 Å². The first-order valence-electron chi connectivity index (χ1n) is 5.53. The second-order valence-corrected chi connectivity index (χ2v) is 4.44. The molecule has 0 radical (unpaired) electrons. The van der Waals surface area contributed by atoms with Crippen molar-refractivity contribution < 1.29 is 4.74 Å². The van der Waals surface area contributed by atoms with Crippen LogP contribution in [0.4, 0.5) is 0 Å². The van der Waals surface area contributed by atoms with Crippen molar-refractivity contribution in [2.75, 3.05) is 5.75 Å². The van der Waals surface area contributed by atoms with E-state index in [-0.39, 0.29) is 6.10 Å². The average Bonchev–Trinajstić information content (AvgIpc) is 2.31. The Bertz CT molecular complexity index is 292. The fourth-order valence-corrected chi connectivity index (χ4v) is 2.21. The summed E-state index contributed by atoms with van der Waals surface area (Å²) in [6.45, 7) is 5.75. The Morgan fingerprint density at radius 3 is 2.81 bits per heavy atom. The van der Waals surface area contributed by atoms with Gasteiger partial charge in [0, 0.05) is 18.1 Å². The maximum atomic E-state index is 5.43. The molecule has 4 heteroatoms. The Hall–Kier alpha value is -1.03. The van der Waals surface area contributed by atoms with Crippen LogP contribution in [0.1, 0.15) is 26.2 Å². The molecule has 1 rings (SSSR count). The highest BCUT2D eigenvalue weighted by atomic mass is 32.2. The molecule has 1 aromatic rings. The first-order chi connectivity index (χ1) is 7.86.